The second-order valence-electron chi connectivity index (χ2n) is 5.15. The highest BCUT2D eigenvalue weighted by molar-refractivity contribution is 9.10. The van der Waals surface area contributed by atoms with Gasteiger partial charge in [0, 0.05) is 15.7 Å². The lowest BCUT2D eigenvalue weighted by Gasteiger charge is -2.13. The molecule has 1 amide bonds. The molecule has 0 heterocycles. The largest absolute Gasteiger partial charge is 0.504 e. The van der Waals surface area contributed by atoms with E-state index in [1.807, 2.05) is 0 Å². The predicted octanol–water partition coefficient (Wildman–Crippen LogP) is 3.25. The smallest absolute Gasteiger partial charge is 0.262 e. The number of halogens is 2. The minimum absolute atomic E-state index is 0.0822. The van der Waals surface area contributed by atoms with E-state index >= 15 is 0 Å². The summed E-state index contributed by atoms with van der Waals surface area (Å²) in [6, 6.07) is 8.33. The summed E-state index contributed by atoms with van der Waals surface area (Å²) in [5.41, 5.74) is 3.37. The van der Waals surface area contributed by atoms with Crippen molar-refractivity contribution in [2.45, 2.75) is 13.0 Å². The number of rotatable bonds is 6. The zero-order chi connectivity index (χ0) is 18.4. The van der Waals surface area contributed by atoms with Crippen LogP contribution in [0, 0.1) is 5.82 Å². The number of phenols is 1. The normalized spacial score (nSPS) is 12.0. The van der Waals surface area contributed by atoms with Crippen molar-refractivity contribution in [2.75, 3.05) is 12.4 Å². The molecule has 0 aliphatic heterocycles. The zero-order valence-electron chi connectivity index (χ0n) is 13.6. The highest BCUT2D eigenvalue weighted by Gasteiger charge is 2.12. The monoisotopic (exact) mass is 409 g/mol. The van der Waals surface area contributed by atoms with Crippen molar-refractivity contribution >= 4 is 33.7 Å². The molecular weight excluding hydrogens is 393 g/mol. The summed E-state index contributed by atoms with van der Waals surface area (Å²) >= 11 is 3.30. The molecule has 1 atom stereocenters. The van der Waals surface area contributed by atoms with Gasteiger partial charge in [0.2, 0.25) is 0 Å². The van der Waals surface area contributed by atoms with Gasteiger partial charge >= 0.3 is 0 Å². The summed E-state index contributed by atoms with van der Waals surface area (Å²) in [6.07, 6.45) is 1.31. The third kappa shape index (κ3) is 5.18. The number of hydrazone groups is 1. The maximum absolute atomic E-state index is 12.9. The Kier molecular flexibility index (Phi) is 6.35. The van der Waals surface area contributed by atoms with Crippen LogP contribution in [-0.2, 0) is 4.79 Å². The zero-order valence-corrected chi connectivity index (χ0v) is 15.2. The SMILES string of the molecule is COc1cc(Br)cc(/C=N\NC(=O)[C@@H](C)Nc2ccc(F)cc2)c1O. The van der Waals surface area contributed by atoms with Crippen molar-refractivity contribution in [3.05, 3.63) is 52.3 Å². The number of aromatic hydroxyl groups is 1. The second kappa shape index (κ2) is 8.48. The first-order valence-corrected chi connectivity index (χ1v) is 8.11. The number of nitrogens with zero attached hydrogens (tertiary/aromatic N) is 1. The summed E-state index contributed by atoms with van der Waals surface area (Å²) in [4.78, 5) is 12.0. The van der Waals surface area contributed by atoms with Crippen LogP contribution in [0.15, 0.2) is 46.0 Å². The number of phenolic OH excluding ortho intramolecular Hbond substituents is 1. The fraction of sp³-hybridized carbons (Fsp3) is 0.176. The number of methoxy groups -OCH3 is 1. The Hall–Kier alpha value is -2.61. The lowest BCUT2D eigenvalue weighted by Crippen LogP contribution is -2.34. The number of amides is 1. The highest BCUT2D eigenvalue weighted by atomic mass is 79.9. The van der Waals surface area contributed by atoms with Crippen LogP contribution in [0.1, 0.15) is 12.5 Å². The van der Waals surface area contributed by atoms with E-state index in [0.717, 1.165) is 0 Å². The van der Waals surface area contributed by atoms with Gasteiger partial charge in [-0.1, -0.05) is 15.9 Å². The molecule has 0 unspecified atom stereocenters. The van der Waals surface area contributed by atoms with Crippen molar-refractivity contribution in [3.63, 3.8) is 0 Å². The molecule has 0 saturated carbocycles. The van der Waals surface area contributed by atoms with E-state index in [4.69, 9.17) is 4.74 Å². The average molecular weight is 410 g/mol. The molecule has 0 bridgehead atoms. The van der Waals surface area contributed by atoms with E-state index < -0.39 is 6.04 Å². The first kappa shape index (κ1) is 18.7. The Morgan fingerprint density at radius 3 is 2.68 bits per heavy atom. The fourth-order valence-corrected chi connectivity index (χ4v) is 2.43. The maximum atomic E-state index is 12.9. The number of hydrogen-bond donors (Lipinski definition) is 3. The van der Waals surface area contributed by atoms with Crippen LogP contribution in [0.2, 0.25) is 0 Å². The Morgan fingerprint density at radius 2 is 2.04 bits per heavy atom. The van der Waals surface area contributed by atoms with Gasteiger partial charge in [0.25, 0.3) is 5.91 Å². The molecular formula is C17H17BrFN3O3. The molecule has 0 aromatic heterocycles. The number of carbonyl (C=O) groups is 1. The molecule has 0 radical (unpaired) electrons. The molecule has 0 aliphatic rings. The Labute approximate surface area is 152 Å². The van der Waals surface area contributed by atoms with Gasteiger partial charge < -0.3 is 15.2 Å². The van der Waals surface area contributed by atoms with Crippen LogP contribution in [0.3, 0.4) is 0 Å². The van der Waals surface area contributed by atoms with Crippen LogP contribution in [0.4, 0.5) is 10.1 Å². The Morgan fingerprint density at radius 1 is 1.36 bits per heavy atom. The topological polar surface area (TPSA) is 83.0 Å². The Balaban J connectivity index is 1.98. The number of carbonyl (C=O) groups excluding carboxylic acids is 1. The summed E-state index contributed by atoms with van der Waals surface area (Å²) < 4.78 is 18.6. The molecule has 2 aromatic rings. The third-order valence-corrected chi connectivity index (χ3v) is 3.75. The fourth-order valence-electron chi connectivity index (χ4n) is 1.97. The minimum atomic E-state index is -0.590. The summed E-state index contributed by atoms with van der Waals surface area (Å²) in [7, 11) is 1.44. The van der Waals surface area contributed by atoms with Crippen LogP contribution in [-0.4, -0.2) is 30.4 Å². The van der Waals surface area contributed by atoms with E-state index in [1.54, 1.807) is 19.1 Å². The van der Waals surface area contributed by atoms with Gasteiger partial charge in [0.15, 0.2) is 11.5 Å². The van der Waals surface area contributed by atoms with Gasteiger partial charge in [-0.2, -0.15) is 5.10 Å². The average Bonchev–Trinajstić information content (AvgIpc) is 2.59. The summed E-state index contributed by atoms with van der Waals surface area (Å²) in [5.74, 6) is -0.534. The lowest BCUT2D eigenvalue weighted by atomic mass is 10.2. The van der Waals surface area contributed by atoms with Gasteiger partial charge in [-0.3, -0.25) is 4.79 Å². The molecule has 132 valence electrons. The van der Waals surface area contributed by atoms with Gasteiger partial charge in [-0.15, -0.1) is 0 Å². The first-order valence-electron chi connectivity index (χ1n) is 7.32. The molecule has 0 fully saturated rings. The van der Waals surface area contributed by atoms with Crippen molar-refractivity contribution in [2.24, 2.45) is 5.10 Å². The van der Waals surface area contributed by atoms with Crippen LogP contribution >= 0.6 is 15.9 Å². The van der Waals surface area contributed by atoms with Crippen molar-refractivity contribution in [1.82, 2.24) is 5.43 Å². The van der Waals surface area contributed by atoms with E-state index in [2.05, 4.69) is 31.8 Å². The Bertz CT molecular complexity index is 781. The molecule has 2 rings (SSSR count). The van der Waals surface area contributed by atoms with Gasteiger partial charge in [0.05, 0.1) is 13.3 Å². The van der Waals surface area contributed by atoms with Crippen LogP contribution < -0.4 is 15.5 Å². The first-order chi connectivity index (χ1) is 11.9. The quantitative estimate of drug-likeness (QED) is 0.505. The van der Waals surface area contributed by atoms with Gasteiger partial charge in [-0.25, -0.2) is 9.82 Å². The second-order valence-corrected chi connectivity index (χ2v) is 6.07. The molecule has 0 saturated heterocycles. The number of benzene rings is 2. The minimum Gasteiger partial charge on any atom is -0.504 e. The molecule has 0 spiro atoms. The van der Waals surface area contributed by atoms with Crippen molar-refractivity contribution in [1.29, 1.82) is 0 Å². The predicted molar refractivity (Wildman–Crippen MR) is 97.6 cm³/mol. The molecule has 0 aliphatic carbocycles. The third-order valence-electron chi connectivity index (χ3n) is 3.29. The van der Waals surface area contributed by atoms with Crippen molar-refractivity contribution in [3.8, 4) is 11.5 Å². The van der Waals surface area contributed by atoms with Gasteiger partial charge in [0.1, 0.15) is 11.9 Å². The molecule has 8 heteroatoms. The lowest BCUT2D eigenvalue weighted by molar-refractivity contribution is -0.121. The van der Waals surface area contributed by atoms with Gasteiger partial charge in [-0.05, 0) is 43.3 Å². The number of anilines is 1. The van der Waals surface area contributed by atoms with Crippen molar-refractivity contribution < 1.29 is 19.0 Å². The number of hydrogen-bond acceptors (Lipinski definition) is 5. The maximum Gasteiger partial charge on any atom is 0.262 e. The van der Waals surface area contributed by atoms with Crippen LogP contribution in [0.5, 0.6) is 11.5 Å². The standard InChI is InChI=1S/C17H17BrFN3O3/c1-10(21-14-5-3-13(19)4-6-14)17(24)22-20-9-11-7-12(18)8-15(25-2)16(11)23/h3-10,21,23H,1-2H3,(H,22,24)/b20-9-/t10-/m1/s1. The van der Waals surface area contributed by atoms with Crippen LogP contribution in [0.25, 0.3) is 0 Å². The highest BCUT2D eigenvalue weighted by Crippen LogP contribution is 2.32. The molecule has 6 nitrogen and oxygen atoms in total. The van der Waals surface area contributed by atoms with E-state index in [-0.39, 0.29) is 23.2 Å². The number of ether oxygens (including phenoxy) is 1. The summed E-state index contributed by atoms with van der Waals surface area (Å²) in [5, 5.41) is 16.8. The molecule has 2 aromatic carbocycles. The molecule has 3 N–H and O–H groups in total. The van der Waals surface area contributed by atoms with E-state index in [9.17, 15) is 14.3 Å². The number of nitrogens with one attached hydrogen (secondary N) is 2. The molecule has 25 heavy (non-hydrogen) atoms. The van der Waals surface area contributed by atoms with E-state index in [0.29, 0.717) is 15.7 Å². The van der Waals surface area contributed by atoms with E-state index in [1.165, 1.54) is 37.6 Å². The summed E-state index contributed by atoms with van der Waals surface area (Å²) in [6.45, 7) is 1.65.